The summed E-state index contributed by atoms with van der Waals surface area (Å²) in [6, 6.07) is 8.56. The molecular formula is C21H22N2O4S. The van der Waals surface area contributed by atoms with Gasteiger partial charge < -0.3 is 14.8 Å². The minimum atomic E-state index is -0.391. The lowest BCUT2D eigenvalue weighted by molar-refractivity contribution is -0.118. The normalized spacial score (nSPS) is 15.2. The number of hydrogen-bond acceptors (Lipinski definition) is 6. The van der Waals surface area contributed by atoms with Crippen molar-refractivity contribution in [2.45, 2.75) is 33.1 Å². The minimum absolute atomic E-state index is 0.187. The van der Waals surface area contributed by atoms with E-state index >= 15 is 0 Å². The maximum atomic E-state index is 12.5. The highest BCUT2D eigenvalue weighted by Crippen LogP contribution is 2.40. The second-order valence-corrected chi connectivity index (χ2v) is 7.85. The third kappa shape index (κ3) is 4.52. The average Bonchev–Trinajstić information content (AvgIpc) is 3.03. The summed E-state index contributed by atoms with van der Waals surface area (Å²) >= 11 is 1.45. The Morgan fingerprint density at radius 2 is 2.07 bits per heavy atom. The molecule has 1 unspecified atom stereocenters. The van der Waals surface area contributed by atoms with Gasteiger partial charge in [0.25, 0.3) is 5.91 Å². The molecule has 0 bridgehead atoms. The number of amides is 1. The van der Waals surface area contributed by atoms with Gasteiger partial charge in [-0.3, -0.25) is 4.79 Å². The van der Waals surface area contributed by atoms with E-state index in [0.29, 0.717) is 27.8 Å². The zero-order chi connectivity index (χ0) is 20.1. The summed E-state index contributed by atoms with van der Waals surface area (Å²) in [4.78, 5) is 26.0. The summed E-state index contributed by atoms with van der Waals surface area (Å²) in [6.45, 7) is 4.06. The first-order valence-corrected chi connectivity index (χ1v) is 10.1. The highest BCUT2D eigenvalue weighted by molar-refractivity contribution is 7.17. The Morgan fingerprint density at radius 3 is 2.75 bits per heavy atom. The van der Waals surface area contributed by atoms with E-state index < -0.39 is 5.97 Å². The number of carbonyl (C=O) groups excluding carboxylic acids is 2. The van der Waals surface area contributed by atoms with Crippen molar-refractivity contribution in [1.29, 1.82) is 5.26 Å². The number of nitriles is 1. The molecular weight excluding hydrogens is 376 g/mol. The molecule has 146 valence electrons. The molecule has 3 rings (SSSR count). The number of fused-ring (bicyclic) bond motifs is 1. The predicted molar refractivity (Wildman–Crippen MR) is 107 cm³/mol. The molecule has 6 nitrogen and oxygen atoms in total. The first-order valence-electron chi connectivity index (χ1n) is 9.26. The van der Waals surface area contributed by atoms with Gasteiger partial charge in [0.15, 0.2) is 6.61 Å². The fraction of sp³-hybridized carbons (Fsp3) is 0.381. The highest BCUT2D eigenvalue weighted by Gasteiger charge is 2.29. The van der Waals surface area contributed by atoms with Crippen LogP contribution in [0.3, 0.4) is 0 Å². The zero-order valence-corrected chi connectivity index (χ0v) is 16.7. The van der Waals surface area contributed by atoms with Crippen LogP contribution in [0.2, 0.25) is 0 Å². The number of anilines is 1. The lowest BCUT2D eigenvalue weighted by Crippen LogP contribution is -2.21. The Hall–Kier alpha value is -2.85. The van der Waals surface area contributed by atoms with Crippen molar-refractivity contribution in [1.82, 2.24) is 0 Å². The molecule has 1 aromatic carbocycles. The second-order valence-electron chi connectivity index (χ2n) is 6.75. The van der Waals surface area contributed by atoms with Gasteiger partial charge in [0.2, 0.25) is 0 Å². The number of hydrogen-bond donors (Lipinski definition) is 1. The number of esters is 1. The summed E-state index contributed by atoms with van der Waals surface area (Å²) in [5, 5.41) is 12.2. The van der Waals surface area contributed by atoms with E-state index in [-0.39, 0.29) is 19.1 Å². The van der Waals surface area contributed by atoms with Gasteiger partial charge in [-0.25, -0.2) is 4.79 Å². The topological polar surface area (TPSA) is 88.4 Å². The Bertz CT molecular complexity index is 912. The van der Waals surface area contributed by atoms with Crippen LogP contribution in [0.25, 0.3) is 0 Å². The third-order valence-corrected chi connectivity index (χ3v) is 5.77. The van der Waals surface area contributed by atoms with Crippen LogP contribution < -0.4 is 10.1 Å². The van der Waals surface area contributed by atoms with Crippen LogP contribution in [0, 0.1) is 17.2 Å². The zero-order valence-electron chi connectivity index (χ0n) is 15.9. The lowest BCUT2D eigenvalue weighted by atomic mass is 9.88. The van der Waals surface area contributed by atoms with Crippen molar-refractivity contribution >= 4 is 28.2 Å². The van der Waals surface area contributed by atoms with Crippen LogP contribution in [0.15, 0.2) is 24.3 Å². The number of nitrogens with zero attached hydrogens (tertiary/aromatic N) is 1. The molecule has 1 aromatic heterocycles. The van der Waals surface area contributed by atoms with Crippen molar-refractivity contribution in [2.75, 3.05) is 18.5 Å². The predicted octanol–water partition coefficient (Wildman–Crippen LogP) is 3.94. The summed E-state index contributed by atoms with van der Waals surface area (Å²) in [7, 11) is 0. The molecule has 1 aliphatic rings. The van der Waals surface area contributed by atoms with E-state index in [1.54, 1.807) is 31.2 Å². The highest BCUT2D eigenvalue weighted by atomic mass is 32.1. The third-order valence-electron chi connectivity index (χ3n) is 4.60. The Morgan fingerprint density at radius 1 is 1.32 bits per heavy atom. The Labute approximate surface area is 168 Å². The van der Waals surface area contributed by atoms with Crippen molar-refractivity contribution in [3.05, 3.63) is 45.8 Å². The Kier molecular flexibility index (Phi) is 6.32. The summed E-state index contributed by atoms with van der Waals surface area (Å²) < 4.78 is 10.7. The molecule has 1 atom stereocenters. The Balaban J connectivity index is 1.72. The quantitative estimate of drug-likeness (QED) is 0.745. The maximum Gasteiger partial charge on any atom is 0.341 e. The molecule has 7 heteroatoms. The molecule has 0 aliphatic heterocycles. The first-order chi connectivity index (χ1) is 13.5. The smallest absolute Gasteiger partial charge is 0.341 e. The van der Waals surface area contributed by atoms with Crippen LogP contribution in [0.4, 0.5) is 5.00 Å². The average molecular weight is 398 g/mol. The molecule has 0 saturated heterocycles. The van der Waals surface area contributed by atoms with Gasteiger partial charge in [-0.15, -0.1) is 11.3 Å². The minimum Gasteiger partial charge on any atom is -0.484 e. The van der Waals surface area contributed by atoms with Gasteiger partial charge in [-0.2, -0.15) is 5.26 Å². The molecule has 0 spiro atoms. The maximum absolute atomic E-state index is 12.5. The summed E-state index contributed by atoms with van der Waals surface area (Å²) in [5.74, 6) is 0.322. The standard InChI is InChI=1S/C21H22N2O4S/c1-3-26-21(25)19-16-9-4-13(2)10-17(16)28-20(19)23-18(24)12-27-15-7-5-14(11-22)6-8-15/h5-8,13H,3-4,9-10,12H2,1-2H3,(H,23,24). The molecule has 1 amide bonds. The van der Waals surface area contributed by atoms with Crippen LogP contribution in [-0.2, 0) is 22.4 Å². The number of ether oxygens (including phenoxy) is 2. The summed E-state index contributed by atoms with van der Waals surface area (Å²) in [5.41, 5.74) is 2.01. The number of carbonyl (C=O) groups is 2. The molecule has 1 N–H and O–H groups in total. The number of benzene rings is 1. The van der Waals surface area contributed by atoms with E-state index in [4.69, 9.17) is 14.7 Å². The fourth-order valence-electron chi connectivity index (χ4n) is 3.20. The van der Waals surface area contributed by atoms with Crippen molar-refractivity contribution < 1.29 is 19.1 Å². The van der Waals surface area contributed by atoms with Crippen LogP contribution in [0.5, 0.6) is 5.75 Å². The van der Waals surface area contributed by atoms with Crippen LogP contribution >= 0.6 is 11.3 Å². The molecule has 1 heterocycles. The second kappa shape index (κ2) is 8.89. The van der Waals surface area contributed by atoms with Crippen LogP contribution in [0.1, 0.15) is 46.6 Å². The molecule has 1 aliphatic carbocycles. The fourth-order valence-corrected chi connectivity index (χ4v) is 4.61. The van der Waals surface area contributed by atoms with E-state index in [2.05, 4.69) is 12.2 Å². The molecule has 0 saturated carbocycles. The van der Waals surface area contributed by atoms with Gasteiger partial charge in [0, 0.05) is 4.88 Å². The van der Waals surface area contributed by atoms with Crippen LogP contribution in [-0.4, -0.2) is 25.1 Å². The molecule has 0 radical (unpaired) electrons. The first kappa shape index (κ1) is 19.9. The van der Waals surface area contributed by atoms with E-state index in [9.17, 15) is 9.59 Å². The van der Waals surface area contributed by atoms with Gasteiger partial charge >= 0.3 is 5.97 Å². The van der Waals surface area contributed by atoms with Gasteiger partial charge in [-0.1, -0.05) is 6.92 Å². The van der Waals surface area contributed by atoms with E-state index in [1.807, 2.05) is 6.07 Å². The number of thiophene rings is 1. The molecule has 2 aromatic rings. The van der Waals surface area contributed by atoms with Crippen molar-refractivity contribution in [3.8, 4) is 11.8 Å². The monoisotopic (exact) mass is 398 g/mol. The summed E-state index contributed by atoms with van der Waals surface area (Å²) in [6.07, 6.45) is 2.74. The van der Waals surface area contributed by atoms with E-state index in [1.165, 1.54) is 11.3 Å². The number of nitrogens with one attached hydrogen (secondary N) is 1. The van der Waals surface area contributed by atoms with Crippen molar-refractivity contribution in [3.63, 3.8) is 0 Å². The van der Waals surface area contributed by atoms with Gasteiger partial charge in [0.05, 0.1) is 23.8 Å². The lowest BCUT2D eigenvalue weighted by Gasteiger charge is -2.18. The SMILES string of the molecule is CCOC(=O)c1c(NC(=O)COc2ccc(C#N)cc2)sc2c1CCC(C)C2. The number of rotatable bonds is 6. The van der Waals surface area contributed by atoms with Gasteiger partial charge in [0.1, 0.15) is 10.8 Å². The van der Waals surface area contributed by atoms with Crippen molar-refractivity contribution in [2.24, 2.45) is 5.92 Å². The molecule has 0 fully saturated rings. The van der Waals surface area contributed by atoms with Gasteiger partial charge in [-0.05, 0) is 61.9 Å². The largest absolute Gasteiger partial charge is 0.484 e. The molecule has 28 heavy (non-hydrogen) atoms. The van der Waals surface area contributed by atoms with E-state index in [0.717, 1.165) is 29.7 Å².